The molecule has 0 unspecified atom stereocenters. The lowest BCUT2D eigenvalue weighted by Crippen LogP contribution is -2.32. The third-order valence-corrected chi connectivity index (χ3v) is 5.24. The van der Waals surface area contributed by atoms with Crippen LogP contribution in [-0.2, 0) is 10.0 Å². The number of nitrogens with one attached hydrogen (secondary N) is 2. The molecular weight excluding hydrogens is 290 g/mol. The molecule has 2 N–H and O–H groups in total. The minimum atomic E-state index is -3.43. The zero-order valence-corrected chi connectivity index (χ0v) is 12.5. The molecule has 6 nitrogen and oxygen atoms in total. The van der Waals surface area contributed by atoms with Gasteiger partial charge in [0.15, 0.2) is 0 Å². The second-order valence-corrected chi connectivity index (χ2v) is 7.26. The van der Waals surface area contributed by atoms with Gasteiger partial charge >= 0.3 is 6.03 Å². The maximum absolute atomic E-state index is 12.0. The summed E-state index contributed by atoms with van der Waals surface area (Å²) in [5.74, 6) is 0. The van der Waals surface area contributed by atoms with E-state index >= 15 is 0 Å². The van der Waals surface area contributed by atoms with Crippen LogP contribution >= 0.6 is 0 Å². The molecule has 0 aromatic heterocycles. The van der Waals surface area contributed by atoms with E-state index < -0.39 is 10.0 Å². The maximum Gasteiger partial charge on any atom is 0.321 e. The molecular formula is C14H19N3O3S. The molecule has 2 fully saturated rings. The third-order valence-electron chi connectivity index (χ3n) is 3.71. The Kier molecular flexibility index (Phi) is 3.86. The van der Waals surface area contributed by atoms with E-state index in [0.717, 1.165) is 38.8 Å². The summed E-state index contributed by atoms with van der Waals surface area (Å²) in [4.78, 5) is 13.9. The molecule has 0 atom stereocenters. The van der Waals surface area contributed by atoms with Crippen molar-refractivity contribution in [1.82, 2.24) is 9.62 Å². The first-order valence-corrected chi connectivity index (χ1v) is 8.71. The molecule has 0 bridgehead atoms. The lowest BCUT2D eigenvalue weighted by Gasteiger charge is -2.16. The molecule has 2 amide bonds. The molecule has 1 heterocycles. The van der Waals surface area contributed by atoms with Crippen molar-refractivity contribution in [3.8, 4) is 0 Å². The molecule has 3 rings (SSSR count). The summed E-state index contributed by atoms with van der Waals surface area (Å²) in [5, 5.41) is 2.79. The average molecular weight is 309 g/mol. The molecule has 0 radical (unpaired) electrons. The van der Waals surface area contributed by atoms with E-state index in [4.69, 9.17) is 0 Å². The van der Waals surface area contributed by atoms with Gasteiger partial charge in [0, 0.05) is 24.8 Å². The van der Waals surface area contributed by atoms with Crippen molar-refractivity contribution in [2.45, 2.75) is 36.6 Å². The summed E-state index contributed by atoms with van der Waals surface area (Å²) in [7, 11) is -3.43. The molecule has 114 valence electrons. The Bertz CT molecular complexity index is 617. The van der Waals surface area contributed by atoms with E-state index in [-0.39, 0.29) is 17.0 Å². The summed E-state index contributed by atoms with van der Waals surface area (Å²) < 4.78 is 26.7. The highest BCUT2D eigenvalue weighted by Gasteiger charge is 2.27. The fourth-order valence-corrected chi connectivity index (χ4v) is 3.63. The van der Waals surface area contributed by atoms with Gasteiger partial charge in [-0.15, -0.1) is 0 Å². The first-order valence-electron chi connectivity index (χ1n) is 7.23. The number of rotatable bonds is 4. The predicted molar refractivity (Wildman–Crippen MR) is 79.6 cm³/mol. The van der Waals surface area contributed by atoms with Gasteiger partial charge in [-0.05, 0) is 49.9 Å². The van der Waals surface area contributed by atoms with E-state index in [2.05, 4.69) is 10.0 Å². The van der Waals surface area contributed by atoms with Gasteiger partial charge in [0.2, 0.25) is 10.0 Å². The minimum absolute atomic E-state index is 0.0875. The number of hydrogen-bond donors (Lipinski definition) is 2. The summed E-state index contributed by atoms with van der Waals surface area (Å²) in [6, 6.07) is 6.24. The van der Waals surface area contributed by atoms with Crippen molar-refractivity contribution >= 4 is 21.7 Å². The molecule has 0 spiro atoms. The molecule has 1 aliphatic carbocycles. The summed E-state index contributed by atoms with van der Waals surface area (Å²) in [5.41, 5.74) is 0.609. The third kappa shape index (κ3) is 3.54. The van der Waals surface area contributed by atoms with Gasteiger partial charge in [-0.3, -0.25) is 0 Å². The van der Waals surface area contributed by atoms with E-state index in [1.54, 1.807) is 17.0 Å². The number of carbonyl (C=O) groups excluding carboxylic acids is 1. The number of nitrogens with zero attached hydrogens (tertiary/aromatic N) is 1. The Balaban J connectivity index is 1.64. The van der Waals surface area contributed by atoms with Crippen LogP contribution in [0.2, 0.25) is 0 Å². The van der Waals surface area contributed by atoms with Crippen LogP contribution in [0.5, 0.6) is 0 Å². The van der Waals surface area contributed by atoms with Crippen molar-refractivity contribution in [1.29, 1.82) is 0 Å². The van der Waals surface area contributed by atoms with E-state index in [0.29, 0.717) is 5.69 Å². The van der Waals surface area contributed by atoms with Gasteiger partial charge in [-0.25, -0.2) is 17.9 Å². The predicted octanol–water partition coefficient (Wildman–Crippen LogP) is 1.75. The Labute approximate surface area is 124 Å². The lowest BCUT2D eigenvalue weighted by molar-refractivity contribution is 0.222. The zero-order valence-electron chi connectivity index (χ0n) is 11.7. The molecule has 1 aliphatic heterocycles. The SMILES string of the molecule is O=C(Nc1ccc(S(=O)(=O)NC2CC2)cc1)N1CCCC1. The van der Waals surface area contributed by atoms with E-state index in [1.165, 1.54) is 12.1 Å². The van der Waals surface area contributed by atoms with E-state index in [1.807, 2.05) is 0 Å². The Morgan fingerprint density at radius 3 is 2.29 bits per heavy atom. The second-order valence-electron chi connectivity index (χ2n) is 5.54. The van der Waals surface area contributed by atoms with Gasteiger partial charge in [0.25, 0.3) is 0 Å². The highest BCUT2D eigenvalue weighted by atomic mass is 32.2. The monoisotopic (exact) mass is 309 g/mol. The normalized spacial score (nSPS) is 18.8. The first kappa shape index (κ1) is 14.3. The molecule has 2 aliphatic rings. The zero-order chi connectivity index (χ0) is 14.9. The number of sulfonamides is 1. The van der Waals surface area contributed by atoms with Crippen LogP contribution in [0.3, 0.4) is 0 Å². The van der Waals surface area contributed by atoms with Gasteiger partial charge in [-0.1, -0.05) is 0 Å². The van der Waals surface area contributed by atoms with Gasteiger partial charge < -0.3 is 10.2 Å². The van der Waals surface area contributed by atoms with Crippen molar-refractivity contribution in [3.05, 3.63) is 24.3 Å². The fraction of sp³-hybridized carbons (Fsp3) is 0.500. The Morgan fingerprint density at radius 2 is 1.71 bits per heavy atom. The van der Waals surface area contributed by atoms with Crippen LogP contribution in [0.4, 0.5) is 10.5 Å². The molecule has 1 aromatic carbocycles. The van der Waals surface area contributed by atoms with Crippen molar-refractivity contribution in [2.24, 2.45) is 0 Å². The van der Waals surface area contributed by atoms with Crippen LogP contribution in [0.25, 0.3) is 0 Å². The topological polar surface area (TPSA) is 78.5 Å². The van der Waals surface area contributed by atoms with Crippen LogP contribution in [0.15, 0.2) is 29.2 Å². The minimum Gasteiger partial charge on any atom is -0.325 e. The van der Waals surface area contributed by atoms with Crippen molar-refractivity contribution < 1.29 is 13.2 Å². The maximum atomic E-state index is 12.0. The first-order chi connectivity index (χ1) is 10.0. The van der Waals surface area contributed by atoms with Crippen LogP contribution in [0, 0.1) is 0 Å². The lowest BCUT2D eigenvalue weighted by atomic mass is 10.3. The smallest absolute Gasteiger partial charge is 0.321 e. The number of hydrogen-bond acceptors (Lipinski definition) is 3. The Morgan fingerprint density at radius 1 is 1.10 bits per heavy atom. The number of amides is 2. The fourth-order valence-electron chi connectivity index (χ4n) is 2.33. The molecule has 1 saturated heterocycles. The van der Waals surface area contributed by atoms with Crippen molar-refractivity contribution in [3.63, 3.8) is 0 Å². The number of likely N-dealkylation sites (tertiary alicyclic amines) is 1. The largest absolute Gasteiger partial charge is 0.325 e. The molecule has 21 heavy (non-hydrogen) atoms. The molecule has 1 aromatic rings. The van der Waals surface area contributed by atoms with Crippen LogP contribution < -0.4 is 10.0 Å². The quantitative estimate of drug-likeness (QED) is 0.889. The van der Waals surface area contributed by atoms with Crippen LogP contribution in [-0.4, -0.2) is 38.5 Å². The number of anilines is 1. The molecule has 7 heteroatoms. The Hall–Kier alpha value is -1.60. The van der Waals surface area contributed by atoms with E-state index in [9.17, 15) is 13.2 Å². The number of benzene rings is 1. The van der Waals surface area contributed by atoms with Gasteiger partial charge in [0.1, 0.15) is 0 Å². The summed E-state index contributed by atoms with van der Waals surface area (Å²) in [6.45, 7) is 1.56. The molecule has 1 saturated carbocycles. The summed E-state index contributed by atoms with van der Waals surface area (Å²) >= 11 is 0. The van der Waals surface area contributed by atoms with Crippen molar-refractivity contribution in [2.75, 3.05) is 18.4 Å². The van der Waals surface area contributed by atoms with Gasteiger partial charge in [0.05, 0.1) is 4.90 Å². The summed E-state index contributed by atoms with van der Waals surface area (Å²) in [6.07, 6.45) is 3.89. The second kappa shape index (κ2) is 5.65. The standard InChI is InChI=1S/C14H19N3O3S/c18-14(17-9-1-2-10-17)15-11-5-7-13(8-6-11)21(19,20)16-12-3-4-12/h5-8,12,16H,1-4,9-10H2,(H,15,18). The highest BCUT2D eigenvalue weighted by Crippen LogP contribution is 2.23. The highest BCUT2D eigenvalue weighted by molar-refractivity contribution is 7.89. The number of urea groups is 1. The average Bonchev–Trinajstić information content (AvgIpc) is 3.08. The number of carbonyl (C=O) groups is 1. The van der Waals surface area contributed by atoms with Crippen LogP contribution in [0.1, 0.15) is 25.7 Å². The van der Waals surface area contributed by atoms with Gasteiger partial charge in [-0.2, -0.15) is 0 Å².